The van der Waals surface area contributed by atoms with Crippen molar-refractivity contribution in [3.63, 3.8) is 0 Å². The number of anilines is 1. The smallest absolute Gasteiger partial charge is 0.238 e. The Labute approximate surface area is 185 Å². The van der Waals surface area contributed by atoms with E-state index in [4.69, 9.17) is 4.74 Å². The number of piperidine rings is 1. The number of methoxy groups -OCH3 is 1. The summed E-state index contributed by atoms with van der Waals surface area (Å²) in [5.41, 5.74) is 3.62. The molecule has 0 aromatic heterocycles. The molecule has 1 aliphatic heterocycles. The van der Waals surface area contributed by atoms with Crippen LogP contribution in [0.5, 0.6) is 5.75 Å². The molecule has 2 aromatic rings. The number of rotatable bonds is 5. The Bertz CT molecular complexity index is 927. The van der Waals surface area contributed by atoms with Crippen molar-refractivity contribution < 1.29 is 14.6 Å². The molecule has 3 atom stereocenters. The number of fused-ring (bicyclic) bond motifs is 1. The minimum absolute atomic E-state index is 0.00767. The van der Waals surface area contributed by atoms with Crippen LogP contribution in [0.3, 0.4) is 0 Å². The molecule has 4 rings (SSSR count). The summed E-state index contributed by atoms with van der Waals surface area (Å²) in [5.74, 6) is 0.946. The van der Waals surface area contributed by atoms with Gasteiger partial charge in [0.2, 0.25) is 5.91 Å². The fraction of sp³-hybridized carbons (Fsp3) is 0.500. The maximum absolute atomic E-state index is 13.0. The Morgan fingerprint density at radius 1 is 1.16 bits per heavy atom. The number of carbonyl (C=O) groups is 1. The molecule has 1 aliphatic carbocycles. The molecule has 166 valence electrons. The van der Waals surface area contributed by atoms with Gasteiger partial charge in [0.15, 0.2) is 0 Å². The average molecular weight is 423 g/mol. The van der Waals surface area contributed by atoms with Gasteiger partial charge < -0.3 is 15.2 Å². The summed E-state index contributed by atoms with van der Waals surface area (Å²) in [6.45, 7) is 5.10. The Kier molecular flexibility index (Phi) is 6.35. The van der Waals surface area contributed by atoms with Gasteiger partial charge in [0.25, 0.3) is 0 Å². The van der Waals surface area contributed by atoms with E-state index in [0.29, 0.717) is 13.1 Å². The van der Waals surface area contributed by atoms with E-state index in [1.807, 2.05) is 31.2 Å². The highest BCUT2D eigenvalue weighted by Gasteiger charge is 2.49. The lowest BCUT2D eigenvalue weighted by Gasteiger charge is -2.52. The van der Waals surface area contributed by atoms with Gasteiger partial charge in [0, 0.05) is 24.2 Å². The lowest BCUT2D eigenvalue weighted by molar-refractivity contribution is -0.135. The molecule has 1 heterocycles. The molecule has 0 spiro atoms. The van der Waals surface area contributed by atoms with Crippen LogP contribution in [-0.4, -0.2) is 41.7 Å². The van der Waals surface area contributed by atoms with E-state index in [2.05, 4.69) is 35.3 Å². The highest BCUT2D eigenvalue weighted by atomic mass is 16.5. The zero-order valence-electron chi connectivity index (χ0n) is 18.9. The van der Waals surface area contributed by atoms with Crippen molar-refractivity contribution in [2.75, 3.05) is 25.5 Å². The van der Waals surface area contributed by atoms with Crippen LogP contribution in [0.4, 0.5) is 5.69 Å². The van der Waals surface area contributed by atoms with Crippen LogP contribution in [0.2, 0.25) is 0 Å². The first-order valence-electron chi connectivity index (χ1n) is 11.4. The van der Waals surface area contributed by atoms with E-state index in [1.54, 1.807) is 7.11 Å². The summed E-state index contributed by atoms with van der Waals surface area (Å²) in [4.78, 5) is 15.3. The number of aryl methyl sites for hydroxylation is 2. The number of benzene rings is 2. The fourth-order valence-electron chi connectivity index (χ4n) is 5.49. The maximum Gasteiger partial charge on any atom is 0.238 e. The number of nitrogens with one attached hydrogen (secondary N) is 1. The molecule has 2 fully saturated rings. The summed E-state index contributed by atoms with van der Waals surface area (Å²) in [7, 11) is 1.67. The Balaban J connectivity index is 1.57. The predicted octanol–water partition coefficient (Wildman–Crippen LogP) is 4.62. The van der Waals surface area contributed by atoms with Gasteiger partial charge >= 0.3 is 0 Å². The van der Waals surface area contributed by atoms with Crippen molar-refractivity contribution in [2.24, 2.45) is 5.92 Å². The number of amides is 1. The third-order valence-corrected chi connectivity index (χ3v) is 7.13. The second kappa shape index (κ2) is 9.01. The fourth-order valence-corrected chi connectivity index (χ4v) is 5.49. The maximum atomic E-state index is 13.0. The Hall–Kier alpha value is -2.37. The minimum Gasteiger partial charge on any atom is -0.497 e. The molecular weight excluding hydrogens is 388 g/mol. The SMILES string of the molecule is COc1ccc([C@H]2[C@@H]3CCCC[C@]3(O)CCN2CC(=O)Nc2ccc(C)cc2C)cc1. The topological polar surface area (TPSA) is 61.8 Å². The zero-order chi connectivity index (χ0) is 22.0. The van der Waals surface area contributed by atoms with E-state index in [1.165, 1.54) is 5.56 Å². The third kappa shape index (κ3) is 4.63. The first-order valence-corrected chi connectivity index (χ1v) is 11.4. The van der Waals surface area contributed by atoms with E-state index >= 15 is 0 Å². The number of likely N-dealkylation sites (tertiary alicyclic amines) is 1. The lowest BCUT2D eigenvalue weighted by atomic mass is 9.66. The summed E-state index contributed by atoms with van der Waals surface area (Å²) >= 11 is 0. The van der Waals surface area contributed by atoms with Gasteiger partial charge in [-0.25, -0.2) is 0 Å². The first-order chi connectivity index (χ1) is 14.9. The van der Waals surface area contributed by atoms with Crippen molar-refractivity contribution in [3.05, 3.63) is 59.2 Å². The van der Waals surface area contributed by atoms with Crippen LogP contribution in [-0.2, 0) is 4.79 Å². The molecule has 2 aromatic carbocycles. The number of carbonyl (C=O) groups excluding carboxylic acids is 1. The van der Waals surface area contributed by atoms with E-state index in [-0.39, 0.29) is 17.9 Å². The van der Waals surface area contributed by atoms with Crippen molar-refractivity contribution in [2.45, 2.75) is 57.6 Å². The molecule has 0 radical (unpaired) electrons. The molecule has 1 saturated carbocycles. The van der Waals surface area contributed by atoms with Gasteiger partial charge in [-0.15, -0.1) is 0 Å². The van der Waals surface area contributed by atoms with Crippen LogP contribution in [0, 0.1) is 19.8 Å². The second-order valence-corrected chi connectivity index (χ2v) is 9.26. The average Bonchev–Trinajstić information content (AvgIpc) is 2.76. The van der Waals surface area contributed by atoms with Crippen LogP contribution >= 0.6 is 0 Å². The molecule has 0 unspecified atom stereocenters. The van der Waals surface area contributed by atoms with Crippen LogP contribution in [0.1, 0.15) is 54.8 Å². The number of nitrogens with zero attached hydrogens (tertiary/aromatic N) is 1. The quantitative estimate of drug-likeness (QED) is 0.738. The number of aliphatic hydroxyl groups is 1. The molecule has 5 heteroatoms. The first kappa shape index (κ1) is 21.8. The zero-order valence-corrected chi connectivity index (χ0v) is 18.9. The van der Waals surface area contributed by atoms with E-state index in [0.717, 1.165) is 54.7 Å². The van der Waals surface area contributed by atoms with Gasteiger partial charge in [0.05, 0.1) is 19.3 Å². The second-order valence-electron chi connectivity index (χ2n) is 9.26. The van der Waals surface area contributed by atoms with Gasteiger partial charge in [0.1, 0.15) is 5.75 Å². The number of ether oxygens (including phenoxy) is 1. The molecule has 1 amide bonds. The lowest BCUT2D eigenvalue weighted by Crippen LogP contribution is -2.56. The molecule has 5 nitrogen and oxygen atoms in total. The third-order valence-electron chi connectivity index (χ3n) is 7.13. The standard InChI is InChI=1S/C26H34N2O3/c1-18-7-12-23(19(2)16-18)27-24(29)17-28-15-14-26(30)13-5-4-6-22(26)25(28)20-8-10-21(31-3)11-9-20/h7-12,16,22,25,30H,4-6,13-15,17H2,1-3H3,(H,27,29)/t22-,25-,26-/m0/s1. The molecule has 2 N–H and O–H groups in total. The normalized spacial score (nSPS) is 26.2. The largest absolute Gasteiger partial charge is 0.497 e. The van der Waals surface area contributed by atoms with Gasteiger partial charge in [-0.3, -0.25) is 9.69 Å². The van der Waals surface area contributed by atoms with Crippen LogP contribution in [0.25, 0.3) is 0 Å². The highest BCUT2D eigenvalue weighted by molar-refractivity contribution is 5.93. The van der Waals surface area contributed by atoms with E-state index in [9.17, 15) is 9.90 Å². The summed E-state index contributed by atoms with van der Waals surface area (Å²) in [5, 5.41) is 14.5. The Morgan fingerprint density at radius 2 is 1.94 bits per heavy atom. The molecule has 31 heavy (non-hydrogen) atoms. The summed E-state index contributed by atoms with van der Waals surface area (Å²) in [6.07, 6.45) is 4.77. The van der Waals surface area contributed by atoms with Crippen molar-refractivity contribution >= 4 is 11.6 Å². The predicted molar refractivity (Wildman–Crippen MR) is 123 cm³/mol. The monoisotopic (exact) mass is 422 g/mol. The minimum atomic E-state index is -0.636. The number of hydrogen-bond acceptors (Lipinski definition) is 4. The summed E-state index contributed by atoms with van der Waals surface area (Å²) < 4.78 is 5.33. The number of hydrogen-bond donors (Lipinski definition) is 2. The van der Waals surface area contributed by atoms with Crippen molar-refractivity contribution in [1.29, 1.82) is 0 Å². The van der Waals surface area contributed by atoms with Crippen LogP contribution in [0.15, 0.2) is 42.5 Å². The highest BCUT2D eigenvalue weighted by Crippen LogP contribution is 2.49. The molecule has 1 saturated heterocycles. The molecule has 2 aliphatic rings. The van der Waals surface area contributed by atoms with Crippen molar-refractivity contribution in [3.8, 4) is 5.75 Å². The van der Waals surface area contributed by atoms with Gasteiger partial charge in [-0.05, 0) is 62.4 Å². The summed E-state index contributed by atoms with van der Waals surface area (Å²) in [6, 6.07) is 14.2. The van der Waals surface area contributed by atoms with Gasteiger partial charge in [-0.1, -0.05) is 42.7 Å². The molecule has 0 bridgehead atoms. The van der Waals surface area contributed by atoms with Crippen LogP contribution < -0.4 is 10.1 Å². The molecular formula is C26H34N2O3. The Morgan fingerprint density at radius 3 is 2.65 bits per heavy atom. The van der Waals surface area contributed by atoms with E-state index < -0.39 is 5.60 Å². The van der Waals surface area contributed by atoms with Gasteiger partial charge in [-0.2, -0.15) is 0 Å². The van der Waals surface area contributed by atoms with Crippen molar-refractivity contribution in [1.82, 2.24) is 4.90 Å².